The van der Waals surface area contributed by atoms with Crippen molar-refractivity contribution in [3.8, 4) is 5.75 Å². The Balaban J connectivity index is 2.49. The summed E-state index contributed by atoms with van der Waals surface area (Å²) in [6.07, 6.45) is 5.11. The van der Waals surface area contributed by atoms with Crippen LogP contribution >= 0.6 is 15.9 Å². The first-order valence-corrected chi connectivity index (χ1v) is 11.8. The number of rotatable bonds is 7. The van der Waals surface area contributed by atoms with Gasteiger partial charge in [-0.15, -0.1) is 0 Å². The zero-order chi connectivity index (χ0) is 21.8. The molecule has 0 radical (unpaired) electrons. The van der Waals surface area contributed by atoms with Crippen molar-refractivity contribution in [2.75, 3.05) is 25.2 Å². The van der Waals surface area contributed by atoms with Gasteiger partial charge in [0.15, 0.2) is 0 Å². The predicted octanol–water partition coefficient (Wildman–Crippen LogP) is 5.44. The Kier molecular flexibility index (Phi) is 7.54. The summed E-state index contributed by atoms with van der Waals surface area (Å²) >= 11 is 3.60. The number of anilines is 1. The van der Waals surface area contributed by atoms with E-state index >= 15 is 0 Å². The largest absolute Gasteiger partial charge is 0.496 e. The van der Waals surface area contributed by atoms with Crippen LogP contribution in [0.4, 0.5) is 5.69 Å². The first kappa shape index (κ1) is 23.4. The molecule has 0 bridgehead atoms. The van der Waals surface area contributed by atoms with Crippen molar-refractivity contribution in [1.29, 1.82) is 0 Å². The lowest BCUT2D eigenvalue weighted by Gasteiger charge is -2.24. The quantitative estimate of drug-likeness (QED) is 0.534. The standard InChI is InChI=1S/C22H28BrNO4S/c1-22(2,3)20-13-18(23)11-16(21(20)28-5)8-7-15-9-10-19(24-29(6,25)26)12-17(15)14-27-4/h7-13,24H,14H2,1-6H3/b8-7+. The van der Waals surface area contributed by atoms with Crippen LogP contribution in [0.15, 0.2) is 34.8 Å². The Bertz CT molecular complexity index is 1010. The van der Waals surface area contributed by atoms with Gasteiger partial charge in [0, 0.05) is 28.4 Å². The molecule has 0 spiro atoms. The van der Waals surface area contributed by atoms with Crippen molar-refractivity contribution >= 4 is 43.8 Å². The van der Waals surface area contributed by atoms with Crippen molar-refractivity contribution in [3.05, 3.63) is 57.1 Å². The minimum Gasteiger partial charge on any atom is -0.496 e. The van der Waals surface area contributed by atoms with Crippen LogP contribution < -0.4 is 9.46 Å². The molecule has 158 valence electrons. The van der Waals surface area contributed by atoms with Gasteiger partial charge in [-0.3, -0.25) is 4.72 Å². The van der Waals surface area contributed by atoms with E-state index in [1.165, 1.54) is 0 Å². The Morgan fingerprint density at radius 2 is 1.72 bits per heavy atom. The molecule has 0 unspecified atom stereocenters. The average molecular weight is 482 g/mol. The van der Waals surface area contributed by atoms with Gasteiger partial charge in [0.2, 0.25) is 10.0 Å². The summed E-state index contributed by atoms with van der Waals surface area (Å²) in [6.45, 7) is 6.81. The van der Waals surface area contributed by atoms with Crippen LogP contribution in [-0.4, -0.2) is 28.9 Å². The fraction of sp³-hybridized carbons (Fsp3) is 0.364. The van der Waals surface area contributed by atoms with Gasteiger partial charge < -0.3 is 9.47 Å². The van der Waals surface area contributed by atoms with Crippen molar-refractivity contribution < 1.29 is 17.9 Å². The number of nitrogens with one attached hydrogen (secondary N) is 1. The number of benzene rings is 2. The molecule has 0 aliphatic rings. The maximum absolute atomic E-state index is 11.5. The van der Waals surface area contributed by atoms with Gasteiger partial charge in [0.25, 0.3) is 0 Å². The fourth-order valence-corrected chi connectivity index (χ4v) is 4.06. The third kappa shape index (κ3) is 6.59. The van der Waals surface area contributed by atoms with Gasteiger partial charge in [-0.25, -0.2) is 8.42 Å². The summed E-state index contributed by atoms with van der Waals surface area (Å²) in [7, 11) is -0.0535. The first-order chi connectivity index (χ1) is 13.4. The maximum atomic E-state index is 11.5. The number of hydrogen-bond donors (Lipinski definition) is 1. The minimum absolute atomic E-state index is 0.0715. The SMILES string of the molecule is COCc1cc(NS(C)(=O)=O)ccc1/C=C/c1cc(Br)cc(C(C)(C)C)c1OC. The van der Waals surface area contributed by atoms with E-state index in [0.29, 0.717) is 12.3 Å². The molecule has 2 rings (SSSR count). The number of halogens is 1. The highest BCUT2D eigenvalue weighted by atomic mass is 79.9. The van der Waals surface area contributed by atoms with E-state index in [4.69, 9.17) is 9.47 Å². The highest BCUT2D eigenvalue weighted by Crippen LogP contribution is 2.37. The molecule has 0 fully saturated rings. The van der Waals surface area contributed by atoms with E-state index in [2.05, 4.69) is 47.5 Å². The van der Waals surface area contributed by atoms with E-state index in [-0.39, 0.29) is 5.41 Å². The van der Waals surface area contributed by atoms with Crippen LogP contribution in [-0.2, 0) is 26.8 Å². The molecule has 5 nitrogen and oxygen atoms in total. The summed E-state index contributed by atoms with van der Waals surface area (Å²) in [5.74, 6) is 0.834. The van der Waals surface area contributed by atoms with E-state index in [1.807, 2.05) is 24.3 Å². The normalized spacial score (nSPS) is 12.4. The summed E-state index contributed by atoms with van der Waals surface area (Å²) in [6, 6.07) is 9.48. The van der Waals surface area contributed by atoms with Crippen LogP contribution in [0.25, 0.3) is 12.2 Å². The number of methoxy groups -OCH3 is 2. The Morgan fingerprint density at radius 3 is 2.28 bits per heavy atom. The molecule has 0 heterocycles. The smallest absolute Gasteiger partial charge is 0.229 e. The van der Waals surface area contributed by atoms with Gasteiger partial charge >= 0.3 is 0 Å². The molecule has 2 aromatic carbocycles. The third-order valence-corrected chi connectivity index (χ3v) is 5.35. The molecule has 0 saturated heterocycles. The van der Waals surface area contributed by atoms with Crippen LogP contribution in [0.2, 0.25) is 0 Å². The van der Waals surface area contributed by atoms with Crippen LogP contribution in [0.3, 0.4) is 0 Å². The first-order valence-electron chi connectivity index (χ1n) is 9.10. The highest BCUT2D eigenvalue weighted by Gasteiger charge is 2.21. The summed E-state index contributed by atoms with van der Waals surface area (Å²) in [5, 5.41) is 0. The maximum Gasteiger partial charge on any atom is 0.229 e. The van der Waals surface area contributed by atoms with E-state index in [0.717, 1.165) is 38.7 Å². The monoisotopic (exact) mass is 481 g/mol. The second-order valence-electron chi connectivity index (χ2n) is 7.88. The number of ether oxygens (including phenoxy) is 2. The molecule has 1 N–H and O–H groups in total. The molecule has 2 aromatic rings. The lowest BCUT2D eigenvalue weighted by atomic mass is 9.85. The second kappa shape index (κ2) is 9.32. The molecule has 0 aliphatic heterocycles. The van der Waals surface area contributed by atoms with Gasteiger partial charge in [0.1, 0.15) is 5.75 Å². The summed E-state index contributed by atoms with van der Waals surface area (Å²) in [5.41, 5.74) is 4.31. The molecule has 7 heteroatoms. The molecule has 0 saturated carbocycles. The van der Waals surface area contributed by atoms with Gasteiger partial charge in [-0.05, 0) is 40.8 Å². The van der Waals surface area contributed by atoms with Crippen LogP contribution in [0, 0.1) is 0 Å². The zero-order valence-electron chi connectivity index (χ0n) is 17.7. The number of sulfonamides is 1. The Labute approximate surface area is 182 Å². The Morgan fingerprint density at radius 1 is 1.07 bits per heavy atom. The van der Waals surface area contributed by atoms with Crippen molar-refractivity contribution in [1.82, 2.24) is 0 Å². The lowest BCUT2D eigenvalue weighted by Crippen LogP contribution is -2.13. The van der Waals surface area contributed by atoms with Crippen LogP contribution in [0.5, 0.6) is 5.75 Å². The van der Waals surface area contributed by atoms with E-state index in [9.17, 15) is 8.42 Å². The molecular formula is C22H28BrNO4S. The Hall–Kier alpha value is -1.83. The predicted molar refractivity (Wildman–Crippen MR) is 124 cm³/mol. The average Bonchev–Trinajstić information content (AvgIpc) is 2.58. The second-order valence-corrected chi connectivity index (χ2v) is 10.5. The molecule has 0 atom stereocenters. The molecule has 0 aliphatic carbocycles. The van der Waals surface area contributed by atoms with Crippen LogP contribution in [0.1, 0.15) is 43.0 Å². The van der Waals surface area contributed by atoms with Crippen molar-refractivity contribution in [2.24, 2.45) is 0 Å². The molecular weight excluding hydrogens is 454 g/mol. The van der Waals surface area contributed by atoms with Gasteiger partial charge in [-0.1, -0.05) is 54.9 Å². The molecule has 0 amide bonds. The topological polar surface area (TPSA) is 64.6 Å². The molecule has 0 aromatic heterocycles. The minimum atomic E-state index is -3.34. The van der Waals surface area contributed by atoms with Gasteiger partial charge in [0.05, 0.1) is 20.0 Å². The molecule has 29 heavy (non-hydrogen) atoms. The van der Waals surface area contributed by atoms with Crippen molar-refractivity contribution in [3.63, 3.8) is 0 Å². The third-order valence-electron chi connectivity index (χ3n) is 4.28. The van der Waals surface area contributed by atoms with Gasteiger partial charge in [-0.2, -0.15) is 0 Å². The van der Waals surface area contributed by atoms with E-state index < -0.39 is 10.0 Å². The zero-order valence-corrected chi connectivity index (χ0v) is 20.1. The highest BCUT2D eigenvalue weighted by molar-refractivity contribution is 9.10. The summed E-state index contributed by atoms with van der Waals surface area (Å²) < 4.78 is 37.5. The number of hydrogen-bond acceptors (Lipinski definition) is 4. The van der Waals surface area contributed by atoms with Crippen molar-refractivity contribution in [2.45, 2.75) is 32.8 Å². The fourth-order valence-electron chi connectivity index (χ4n) is 3.03. The lowest BCUT2D eigenvalue weighted by molar-refractivity contribution is 0.185. The van der Waals surface area contributed by atoms with E-state index in [1.54, 1.807) is 26.4 Å². The summed E-state index contributed by atoms with van der Waals surface area (Å²) in [4.78, 5) is 0.